The van der Waals surface area contributed by atoms with E-state index in [0.717, 1.165) is 16.3 Å². The van der Waals surface area contributed by atoms with E-state index in [9.17, 15) is 19.2 Å². The Labute approximate surface area is 340 Å². The van der Waals surface area contributed by atoms with Crippen molar-refractivity contribution in [3.05, 3.63) is 116 Å². The molecular formula is C40H43Cl4N7O4. The van der Waals surface area contributed by atoms with E-state index in [2.05, 4.69) is 26.6 Å². The van der Waals surface area contributed by atoms with Crippen molar-refractivity contribution in [2.24, 2.45) is 0 Å². The Kier molecular flexibility index (Phi) is 15.2. The number of nitrogens with zero attached hydrogens (tertiary/aromatic N) is 1. The zero-order chi connectivity index (χ0) is 39.5. The van der Waals surface area contributed by atoms with Crippen LogP contribution in [0.3, 0.4) is 0 Å². The number of hydrogen-bond donors (Lipinski definition) is 6. The van der Waals surface area contributed by atoms with Gasteiger partial charge in [0.25, 0.3) is 0 Å². The van der Waals surface area contributed by atoms with Crippen molar-refractivity contribution in [1.82, 2.24) is 31.5 Å². The molecule has 0 unspecified atom stereocenters. The lowest BCUT2D eigenvalue weighted by atomic mass is 9.99. The quantitative estimate of drug-likeness (QED) is 0.0546. The number of carbonyl (C=O) groups is 4. The largest absolute Gasteiger partial charge is 0.357 e. The van der Waals surface area contributed by atoms with Crippen LogP contribution in [0.4, 0.5) is 0 Å². The Morgan fingerprint density at radius 1 is 0.855 bits per heavy atom. The van der Waals surface area contributed by atoms with Gasteiger partial charge in [0.15, 0.2) is 5.96 Å². The predicted molar refractivity (Wildman–Crippen MR) is 219 cm³/mol. The van der Waals surface area contributed by atoms with Gasteiger partial charge >= 0.3 is 0 Å². The minimum Gasteiger partial charge on any atom is -0.357 e. The molecule has 55 heavy (non-hydrogen) atoms. The number of hydrogen-bond acceptors (Lipinski definition) is 6. The van der Waals surface area contributed by atoms with Gasteiger partial charge in [-0.15, -0.1) is 0 Å². The maximum absolute atomic E-state index is 14.3. The summed E-state index contributed by atoms with van der Waals surface area (Å²) in [6, 6.07) is 22.0. The van der Waals surface area contributed by atoms with Crippen molar-refractivity contribution in [3.63, 3.8) is 0 Å². The van der Waals surface area contributed by atoms with Gasteiger partial charge in [0.05, 0.1) is 18.9 Å². The topological polar surface area (TPSA) is 156 Å². The second kappa shape index (κ2) is 20.0. The number of nitrogens with one attached hydrogen (secondary N) is 6. The molecule has 1 aliphatic rings. The normalized spacial score (nSPS) is 16.2. The molecule has 0 aromatic heterocycles. The van der Waals surface area contributed by atoms with E-state index in [1.807, 2.05) is 42.5 Å². The van der Waals surface area contributed by atoms with E-state index < -0.39 is 18.0 Å². The third-order valence-electron chi connectivity index (χ3n) is 9.42. The smallest absolute Gasteiger partial charge is 0.242 e. The highest BCUT2D eigenvalue weighted by Gasteiger charge is 2.37. The maximum Gasteiger partial charge on any atom is 0.242 e. The van der Waals surface area contributed by atoms with Gasteiger partial charge in [0.2, 0.25) is 23.6 Å². The molecule has 4 aromatic rings. The van der Waals surface area contributed by atoms with Gasteiger partial charge < -0.3 is 26.2 Å². The molecule has 6 N–H and O–H groups in total. The molecule has 0 saturated carbocycles. The van der Waals surface area contributed by atoms with Crippen LogP contribution >= 0.6 is 46.4 Å². The summed E-state index contributed by atoms with van der Waals surface area (Å²) in [6.07, 6.45) is 1.61. The van der Waals surface area contributed by atoms with Crippen molar-refractivity contribution in [2.45, 2.75) is 56.7 Å². The van der Waals surface area contributed by atoms with E-state index in [-0.39, 0.29) is 62.2 Å². The predicted octanol–water partition coefficient (Wildman–Crippen LogP) is 5.69. The summed E-state index contributed by atoms with van der Waals surface area (Å²) >= 11 is 24.5. The molecule has 4 amide bonds. The van der Waals surface area contributed by atoms with Crippen LogP contribution in [-0.2, 0) is 38.4 Å². The monoisotopic (exact) mass is 825 g/mol. The van der Waals surface area contributed by atoms with Crippen LogP contribution in [0.15, 0.2) is 78.9 Å². The number of fused-ring (bicyclic) bond motifs is 1. The number of rotatable bonds is 14. The summed E-state index contributed by atoms with van der Waals surface area (Å²) in [5, 5.41) is 26.6. The zero-order valence-corrected chi connectivity index (χ0v) is 33.2. The fraction of sp³-hybridized carbons (Fsp3) is 0.325. The van der Waals surface area contributed by atoms with E-state index >= 15 is 0 Å². The number of carbonyl (C=O) groups excluding carboxylic acids is 4. The minimum absolute atomic E-state index is 0.0350. The molecule has 0 radical (unpaired) electrons. The summed E-state index contributed by atoms with van der Waals surface area (Å²) in [4.78, 5) is 54.9. The number of guanidine groups is 1. The summed E-state index contributed by atoms with van der Waals surface area (Å²) in [5.41, 5.74) is 2.14. The number of amides is 4. The second-order valence-corrected chi connectivity index (χ2v) is 15.1. The van der Waals surface area contributed by atoms with Gasteiger partial charge in [-0.3, -0.25) is 29.9 Å². The zero-order valence-electron chi connectivity index (χ0n) is 30.2. The molecule has 0 bridgehead atoms. The lowest BCUT2D eigenvalue weighted by molar-refractivity contribution is -0.141. The molecule has 0 aliphatic carbocycles. The van der Waals surface area contributed by atoms with E-state index in [1.54, 1.807) is 48.3 Å². The third-order valence-corrected chi connectivity index (χ3v) is 10.6. The van der Waals surface area contributed by atoms with Gasteiger partial charge in [-0.05, 0) is 71.0 Å². The number of likely N-dealkylation sites (N-methyl/N-ethyl adjacent to an activating group) is 1. The first-order valence-electron chi connectivity index (χ1n) is 17.9. The van der Waals surface area contributed by atoms with Gasteiger partial charge in [-0.1, -0.05) is 101 Å². The lowest BCUT2D eigenvalue weighted by Crippen LogP contribution is -2.54. The molecule has 1 saturated heterocycles. The van der Waals surface area contributed by atoms with Crippen LogP contribution in [0.25, 0.3) is 10.8 Å². The summed E-state index contributed by atoms with van der Waals surface area (Å²) in [6.45, 7) is 0.805. The first-order chi connectivity index (χ1) is 26.4. The molecule has 290 valence electrons. The molecule has 11 nitrogen and oxygen atoms in total. The van der Waals surface area contributed by atoms with Crippen molar-refractivity contribution < 1.29 is 19.2 Å². The van der Waals surface area contributed by atoms with Crippen LogP contribution in [0, 0.1) is 5.41 Å². The molecule has 15 heteroatoms. The van der Waals surface area contributed by atoms with Gasteiger partial charge in [0.1, 0.15) is 6.04 Å². The van der Waals surface area contributed by atoms with Crippen LogP contribution in [0.5, 0.6) is 0 Å². The Bertz CT molecular complexity index is 2050. The van der Waals surface area contributed by atoms with Gasteiger partial charge in [-0.2, -0.15) is 0 Å². The first kappa shape index (κ1) is 41.8. The molecule has 3 atom stereocenters. The molecule has 1 heterocycles. The van der Waals surface area contributed by atoms with E-state index in [4.69, 9.17) is 51.8 Å². The van der Waals surface area contributed by atoms with Crippen LogP contribution < -0.4 is 26.6 Å². The Morgan fingerprint density at radius 3 is 2.16 bits per heavy atom. The van der Waals surface area contributed by atoms with Crippen molar-refractivity contribution in [2.75, 3.05) is 26.7 Å². The van der Waals surface area contributed by atoms with Gasteiger partial charge in [0, 0.05) is 59.2 Å². The second-order valence-electron chi connectivity index (χ2n) is 13.4. The van der Waals surface area contributed by atoms with Crippen molar-refractivity contribution in [1.29, 1.82) is 5.41 Å². The highest BCUT2D eigenvalue weighted by molar-refractivity contribution is 6.35. The highest BCUT2D eigenvalue weighted by atomic mass is 35.5. The highest BCUT2D eigenvalue weighted by Crippen LogP contribution is 2.24. The average Bonchev–Trinajstić information content (AvgIpc) is 3.31. The number of benzene rings is 4. The van der Waals surface area contributed by atoms with Gasteiger partial charge in [-0.25, -0.2) is 0 Å². The van der Waals surface area contributed by atoms with Crippen molar-refractivity contribution in [3.8, 4) is 0 Å². The minimum atomic E-state index is -0.779. The summed E-state index contributed by atoms with van der Waals surface area (Å²) in [7, 11) is 1.56. The summed E-state index contributed by atoms with van der Waals surface area (Å²) < 4.78 is 0. The van der Waals surface area contributed by atoms with Crippen LogP contribution in [0.2, 0.25) is 20.1 Å². The molecular weight excluding hydrogens is 784 g/mol. The number of halogens is 4. The Morgan fingerprint density at radius 2 is 1.51 bits per heavy atom. The van der Waals surface area contributed by atoms with E-state index in [0.29, 0.717) is 56.9 Å². The molecule has 1 aliphatic heterocycles. The first-order valence-corrected chi connectivity index (χ1v) is 19.4. The fourth-order valence-electron chi connectivity index (χ4n) is 6.54. The Balaban J connectivity index is 1.25. The van der Waals surface area contributed by atoms with Crippen LogP contribution in [0.1, 0.15) is 36.0 Å². The fourth-order valence-corrected chi connectivity index (χ4v) is 7.50. The SMILES string of the molecule is CNC(=O)[C@H](Cc1ccc2ccccc2c1)N1CC[C@H](CNC(=O)Cc2ccc(Cl)cc2Cl)N[C@@H](CCCNC(=N)NC(=O)Cc2ccc(Cl)cc2Cl)C1=O. The standard InChI is InChI=1S/C40H43Cl4N7O4/c1-46-38(54)35(18-24-8-9-25-5-2-3-6-26(25)17-24)51-16-14-31(23-48-36(52)19-27-10-12-29(41)21-32(27)43)49-34(39(51)55)7-4-15-47-40(45)50-37(53)20-28-11-13-30(42)22-33(28)44/h2-3,5-6,8-13,17,21-22,31,34-35,49H,4,7,14-16,18-20,23H2,1H3,(H,46,54)(H,48,52)(H3,45,47,50,53)/t31-,34+,35+/m1/s1. The average molecular weight is 828 g/mol. The molecule has 1 fully saturated rings. The van der Waals surface area contributed by atoms with E-state index in [1.165, 1.54) is 0 Å². The van der Waals surface area contributed by atoms with Crippen molar-refractivity contribution >= 4 is 86.8 Å². The summed E-state index contributed by atoms with van der Waals surface area (Å²) in [5.74, 6) is -1.37. The van der Waals surface area contributed by atoms with Crippen LogP contribution in [-0.4, -0.2) is 79.3 Å². The molecule has 4 aromatic carbocycles. The molecule has 0 spiro atoms. The third kappa shape index (κ3) is 12.0. The Hall–Kier alpha value is -4.39. The lowest BCUT2D eigenvalue weighted by Gasteiger charge is -2.31. The molecule has 5 rings (SSSR count). The maximum atomic E-state index is 14.3.